The average Bonchev–Trinajstić information content (AvgIpc) is 3.27. The van der Waals surface area contributed by atoms with Crippen LogP contribution in [0.2, 0.25) is 5.02 Å². The molecule has 0 amide bonds. The maximum atomic E-state index is 6.28. The zero-order valence-electron chi connectivity index (χ0n) is 22.2. The molecule has 2 N–H and O–H groups in total. The molecule has 10 heteroatoms. The Morgan fingerprint density at radius 3 is 2.55 bits per heavy atom. The molecule has 0 radical (unpaired) electrons. The summed E-state index contributed by atoms with van der Waals surface area (Å²) in [7, 11) is 0. The lowest BCUT2D eigenvalue weighted by Gasteiger charge is -2.35. The molecule has 6 rings (SSSR count). The number of benzene rings is 1. The molecule has 38 heavy (non-hydrogen) atoms. The molecule has 0 unspecified atom stereocenters. The van der Waals surface area contributed by atoms with Crippen molar-refractivity contribution in [2.24, 2.45) is 5.92 Å². The standard InChI is InChI=1S/C28H38ClN7O2/c1-28(9-13-37-14-10-28)34-26-30-18-24-25(33-26)36(27(32-24)31-22-4-2-3-21(29)17-22)23-7-5-20(6-8-23)19-35-11-15-38-16-12-35/h2-4,17-18,20,23H,5-16,19H2,1H3,(H,31,32)(H,30,33,34)/t20-,23-. The van der Waals surface area contributed by atoms with Crippen LogP contribution in [0.15, 0.2) is 30.5 Å². The van der Waals surface area contributed by atoms with Crippen LogP contribution in [0.4, 0.5) is 17.6 Å². The molecule has 4 heterocycles. The minimum atomic E-state index is -0.0732. The van der Waals surface area contributed by atoms with Gasteiger partial charge in [0.15, 0.2) is 5.65 Å². The van der Waals surface area contributed by atoms with Crippen molar-refractivity contribution in [2.45, 2.75) is 57.0 Å². The zero-order chi connectivity index (χ0) is 26.0. The first-order chi connectivity index (χ1) is 18.5. The van der Waals surface area contributed by atoms with Crippen molar-refractivity contribution in [1.82, 2.24) is 24.4 Å². The minimum Gasteiger partial charge on any atom is -0.381 e. The van der Waals surface area contributed by atoms with E-state index in [0.29, 0.717) is 17.0 Å². The number of morpholine rings is 1. The van der Waals surface area contributed by atoms with E-state index in [0.717, 1.165) is 93.9 Å². The van der Waals surface area contributed by atoms with Crippen molar-refractivity contribution in [3.8, 4) is 0 Å². The van der Waals surface area contributed by atoms with E-state index in [1.165, 1.54) is 19.4 Å². The van der Waals surface area contributed by atoms with Gasteiger partial charge in [0.1, 0.15) is 5.52 Å². The second-order valence-corrected chi connectivity index (χ2v) is 11.7. The molecule has 3 aromatic rings. The maximum Gasteiger partial charge on any atom is 0.225 e. The van der Waals surface area contributed by atoms with Gasteiger partial charge in [-0.15, -0.1) is 0 Å². The van der Waals surface area contributed by atoms with Crippen molar-refractivity contribution in [2.75, 3.05) is 56.7 Å². The first kappa shape index (κ1) is 25.8. The molecule has 2 aromatic heterocycles. The topological polar surface area (TPSA) is 89.4 Å². The van der Waals surface area contributed by atoms with E-state index < -0.39 is 0 Å². The number of hydrogen-bond acceptors (Lipinski definition) is 8. The lowest BCUT2D eigenvalue weighted by molar-refractivity contribution is 0.0267. The Kier molecular flexibility index (Phi) is 7.70. The van der Waals surface area contributed by atoms with E-state index in [1.54, 1.807) is 0 Å². The predicted molar refractivity (Wildman–Crippen MR) is 150 cm³/mol. The van der Waals surface area contributed by atoms with E-state index in [1.807, 2.05) is 30.5 Å². The fourth-order valence-corrected chi connectivity index (χ4v) is 6.22. The molecule has 0 bridgehead atoms. The van der Waals surface area contributed by atoms with Gasteiger partial charge in [-0.25, -0.2) is 9.97 Å². The van der Waals surface area contributed by atoms with Crippen molar-refractivity contribution < 1.29 is 9.47 Å². The van der Waals surface area contributed by atoms with Crippen molar-refractivity contribution in [3.05, 3.63) is 35.5 Å². The van der Waals surface area contributed by atoms with Crippen molar-refractivity contribution >= 4 is 40.3 Å². The summed E-state index contributed by atoms with van der Waals surface area (Å²) in [5, 5.41) is 7.82. The van der Waals surface area contributed by atoms with Crippen LogP contribution in [-0.4, -0.2) is 76.0 Å². The lowest BCUT2D eigenvalue weighted by atomic mass is 9.85. The molecular weight excluding hydrogens is 502 g/mol. The van der Waals surface area contributed by atoms with Crippen LogP contribution in [0.1, 0.15) is 51.5 Å². The summed E-state index contributed by atoms with van der Waals surface area (Å²) in [5.41, 5.74) is 2.51. The average molecular weight is 540 g/mol. The van der Waals surface area contributed by atoms with E-state index in [9.17, 15) is 0 Å². The highest BCUT2D eigenvalue weighted by Gasteiger charge is 2.30. The lowest BCUT2D eigenvalue weighted by Crippen LogP contribution is -2.41. The first-order valence-corrected chi connectivity index (χ1v) is 14.4. The van der Waals surface area contributed by atoms with Gasteiger partial charge in [0, 0.05) is 55.1 Å². The minimum absolute atomic E-state index is 0.0732. The van der Waals surface area contributed by atoms with Crippen LogP contribution in [-0.2, 0) is 9.47 Å². The third kappa shape index (κ3) is 5.91. The third-order valence-electron chi connectivity index (χ3n) is 8.32. The number of hydrogen-bond donors (Lipinski definition) is 2. The highest BCUT2D eigenvalue weighted by molar-refractivity contribution is 6.30. The van der Waals surface area contributed by atoms with Gasteiger partial charge >= 0.3 is 0 Å². The molecule has 204 valence electrons. The smallest absolute Gasteiger partial charge is 0.225 e. The number of ether oxygens (including phenoxy) is 2. The number of fused-ring (bicyclic) bond motifs is 1. The Labute approximate surface area is 229 Å². The number of nitrogens with zero attached hydrogens (tertiary/aromatic N) is 5. The summed E-state index contributed by atoms with van der Waals surface area (Å²) in [5.74, 6) is 2.17. The fourth-order valence-electron chi connectivity index (χ4n) is 6.03. The van der Waals surface area contributed by atoms with Gasteiger partial charge in [-0.05, 0) is 69.6 Å². The van der Waals surface area contributed by atoms with Crippen molar-refractivity contribution in [1.29, 1.82) is 0 Å². The van der Waals surface area contributed by atoms with E-state index in [-0.39, 0.29) is 5.54 Å². The predicted octanol–water partition coefficient (Wildman–Crippen LogP) is 5.27. The molecule has 2 aliphatic heterocycles. The summed E-state index contributed by atoms with van der Waals surface area (Å²) in [6, 6.07) is 8.09. The highest BCUT2D eigenvalue weighted by atomic mass is 35.5. The molecule has 0 spiro atoms. The summed E-state index contributed by atoms with van der Waals surface area (Å²) in [6.07, 6.45) is 8.32. The van der Waals surface area contributed by atoms with Gasteiger partial charge in [-0.2, -0.15) is 4.98 Å². The van der Waals surface area contributed by atoms with E-state index >= 15 is 0 Å². The number of nitrogens with one attached hydrogen (secondary N) is 2. The number of halogens is 1. The molecule has 3 aliphatic rings. The van der Waals surface area contributed by atoms with E-state index in [4.69, 9.17) is 31.0 Å². The van der Waals surface area contributed by atoms with Gasteiger partial charge in [-0.3, -0.25) is 9.47 Å². The molecule has 0 atom stereocenters. The van der Waals surface area contributed by atoms with Gasteiger partial charge in [0.2, 0.25) is 11.9 Å². The molecule has 1 aliphatic carbocycles. The van der Waals surface area contributed by atoms with E-state index in [2.05, 4.69) is 32.0 Å². The van der Waals surface area contributed by atoms with Crippen LogP contribution >= 0.6 is 11.6 Å². The van der Waals surface area contributed by atoms with Crippen LogP contribution in [0.25, 0.3) is 11.2 Å². The Morgan fingerprint density at radius 1 is 1.03 bits per heavy atom. The second-order valence-electron chi connectivity index (χ2n) is 11.2. The summed E-state index contributed by atoms with van der Waals surface area (Å²) >= 11 is 6.28. The Morgan fingerprint density at radius 2 is 1.79 bits per heavy atom. The van der Waals surface area contributed by atoms with Crippen LogP contribution in [0.5, 0.6) is 0 Å². The molecule has 9 nitrogen and oxygen atoms in total. The van der Waals surface area contributed by atoms with Gasteiger partial charge < -0.3 is 20.1 Å². The quantitative estimate of drug-likeness (QED) is 0.420. The van der Waals surface area contributed by atoms with Crippen molar-refractivity contribution in [3.63, 3.8) is 0 Å². The molecular formula is C28H38ClN7O2. The van der Waals surface area contributed by atoms with Crippen LogP contribution in [0.3, 0.4) is 0 Å². The van der Waals surface area contributed by atoms with Gasteiger partial charge in [0.25, 0.3) is 0 Å². The normalized spacial score (nSPS) is 24.4. The number of anilines is 3. The maximum absolute atomic E-state index is 6.28. The fraction of sp³-hybridized carbons (Fsp3) is 0.607. The summed E-state index contributed by atoms with van der Waals surface area (Å²) < 4.78 is 13.4. The number of rotatable bonds is 7. The highest BCUT2D eigenvalue weighted by Crippen LogP contribution is 2.38. The largest absolute Gasteiger partial charge is 0.381 e. The summed E-state index contributed by atoms with van der Waals surface area (Å²) in [6.45, 7) is 8.73. The first-order valence-electron chi connectivity index (χ1n) is 14.0. The second kappa shape index (κ2) is 11.3. The molecule has 2 saturated heterocycles. The van der Waals surface area contributed by atoms with Crippen LogP contribution in [0, 0.1) is 5.92 Å². The Bertz CT molecular complexity index is 1230. The molecule has 3 fully saturated rings. The SMILES string of the molecule is CC1(Nc2ncc3nc(Nc4cccc(Cl)c4)n([C@H]4CC[C@H](CN5CCOCC5)CC4)c3n2)CCOCC1. The van der Waals surface area contributed by atoms with Gasteiger partial charge in [-0.1, -0.05) is 17.7 Å². The number of aromatic nitrogens is 4. The Balaban J connectivity index is 1.26. The molecule has 1 aromatic carbocycles. The third-order valence-corrected chi connectivity index (χ3v) is 8.56. The summed E-state index contributed by atoms with van der Waals surface area (Å²) in [4.78, 5) is 17.2. The molecule has 1 saturated carbocycles. The van der Waals surface area contributed by atoms with Gasteiger partial charge in [0.05, 0.1) is 19.4 Å². The Hall–Kier alpha value is -2.46. The zero-order valence-corrected chi connectivity index (χ0v) is 22.9. The monoisotopic (exact) mass is 539 g/mol. The number of imidazole rings is 1. The van der Waals surface area contributed by atoms with Crippen LogP contribution < -0.4 is 10.6 Å².